The van der Waals surface area contributed by atoms with Gasteiger partial charge in [-0.15, -0.1) is 0 Å². The molecule has 0 spiro atoms. The van der Waals surface area contributed by atoms with Gasteiger partial charge in [-0.3, -0.25) is 24.2 Å². The van der Waals surface area contributed by atoms with Crippen molar-refractivity contribution in [3.05, 3.63) is 54.1 Å². The van der Waals surface area contributed by atoms with Crippen LogP contribution in [0.1, 0.15) is 63.6 Å². The van der Waals surface area contributed by atoms with Crippen LogP contribution in [0.25, 0.3) is 0 Å². The molecule has 2 rings (SSSR count). The fourth-order valence-electron chi connectivity index (χ4n) is 4.67. The molecular formula is C30H47N9O4. The van der Waals surface area contributed by atoms with E-state index in [1.54, 1.807) is 6.20 Å². The molecule has 0 unspecified atom stereocenters. The molecule has 0 fully saturated rings. The Kier molecular flexibility index (Phi) is 14.9. The lowest BCUT2D eigenvalue weighted by Gasteiger charge is -2.24. The highest BCUT2D eigenvalue weighted by Crippen LogP contribution is 2.19. The second-order valence-electron chi connectivity index (χ2n) is 11.2. The van der Waals surface area contributed by atoms with Gasteiger partial charge in [-0.1, -0.05) is 57.0 Å². The van der Waals surface area contributed by atoms with E-state index >= 15 is 0 Å². The number of ketones is 1. The Morgan fingerprint density at radius 2 is 1.60 bits per heavy atom. The molecule has 13 nitrogen and oxygen atoms in total. The van der Waals surface area contributed by atoms with Crippen LogP contribution < -0.4 is 33.6 Å². The monoisotopic (exact) mass is 597 g/mol. The van der Waals surface area contributed by atoms with Gasteiger partial charge >= 0.3 is 0 Å². The van der Waals surface area contributed by atoms with E-state index in [9.17, 15) is 19.2 Å². The third kappa shape index (κ3) is 13.5. The highest BCUT2D eigenvalue weighted by molar-refractivity contribution is 5.94. The molecule has 236 valence electrons. The molecule has 0 bridgehead atoms. The second kappa shape index (κ2) is 18.3. The molecule has 0 saturated carbocycles. The minimum absolute atomic E-state index is 0.0715. The normalized spacial score (nSPS) is 13.9. The van der Waals surface area contributed by atoms with E-state index in [1.165, 1.54) is 6.33 Å². The molecule has 0 radical (unpaired) electrons. The van der Waals surface area contributed by atoms with E-state index in [1.807, 2.05) is 30.3 Å². The van der Waals surface area contributed by atoms with Crippen LogP contribution in [0.3, 0.4) is 0 Å². The molecule has 1 heterocycles. The number of nitrogens with two attached hydrogens (primary N) is 4. The van der Waals surface area contributed by atoms with E-state index in [0.717, 1.165) is 12.0 Å². The van der Waals surface area contributed by atoms with E-state index in [2.05, 4.69) is 39.4 Å². The number of imidazole rings is 1. The van der Waals surface area contributed by atoms with Crippen LogP contribution in [0.5, 0.6) is 0 Å². The topological polar surface area (TPSA) is 237 Å². The second-order valence-corrected chi connectivity index (χ2v) is 11.2. The number of rotatable bonds is 20. The first-order valence-electron chi connectivity index (χ1n) is 14.7. The Labute approximate surface area is 253 Å². The van der Waals surface area contributed by atoms with Gasteiger partial charge in [0.25, 0.3) is 0 Å². The SMILES string of the molecule is CC(C)CCC[C@H](CC(=O)[C@@H](CCCN=C(N)N)NC(=O)[C@@H](N)Cc1ccccc1)C(=O)N[C@@H](Cc1cnc[nH]1)C(N)=O. The van der Waals surface area contributed by atoms with Crippen LogP contribution in [-0.4, -0.2) is 64.1 Å². The summed E-state index contributed by atoms with van der Waals surface area (Å²) >= 11 is 0. The maximum Gasteiger partial charge on any atom is 0.240 e. The third-order valence-electron chi connectivity index (χ3n) is 7.08. The number of aliphatic imine (C=N–C) groups is 1. The number of aromatic amines is 1. The van der Waals surface area contributed by atoms with Gasteiger partial charge in [-0.2, -0.15) is 0 Å². The number of hydrogen-bond donors (Lipinski definition) is 7. The first kappa shape index (κ1) is 34.9. The predicted octanol–water partition coefficient (Wildman–Crippen LogP) is 0.432. The lowest BCUT2D eigenvalue weighted by Crippen LogP contribution is -2.51. The summed E-state index contributed by atoms with van der Waals surface area (Å²) in [6.07, 6.45) is 5.97. The van der Waals surface area contributed by atoms with Gasteiger partial charge in [0.1, 0.15) is 6.04 Å². The molecule has 4 atom stereocenters. The van der Waals surface area contributed by atoms with Crippen LogP contribution in [0, 0.1) is 11.8 Å². The van der Waals surface area contributed by atoms with E-state index in [-0.39, 0.29) is 37.6 Å². The van der Waals surface area contributed by atoms with Crippen molar-refractivity contribution < 1.29 is 19.2 Å². The molecule has 0 saturated heterocycles. The van der Waals surface area contributed by atoms with Gasteiger partial charge in [0.2, 0.25) is 17.7 Å². The highest BCUT2D eigenvalue weighted by Gasteiger charge is 2.30. The predicted molar refractivity (Wildman–Crippen MR) is 165 cm³/mol. The molecule has 11 N–H and O–H groups in total. The standard InChI is InChI=1S/C30H47N9O4/c1-19(2)8-6-11-21(28(42)39-25(27(32)41)16-22-17-35-18-37-22)15-26(40)24(12-7-13-36-30(33)34)38-29(43)23(31)14-20-9-4-3-5-10-20/h3-5,9-10,17-19,21,23-25H,6-8,11-16,31H2,1-2H3,(H2,32,41)(H,35,37)(H,38,43)(H,39,42)(H4,33,34,36)/t21-,23+,24-,25+/m1/s1. The largest absolute Gasteiger partial charge is 0.370 e. The van der Waals surface area contributed by atoms with Crippen molar-refractivity contribution in [2.24, 2.45) is 39.8 Å². The zero-order valence-electron chi connectivity index (χ0n) is 25.1. The van der Waals surface area contributed by atoms with Crippen LogP contribution in [-0.2, 0) is 32.0 Å². The van der Waals surface area contributed by atoms with Crippen molar-refractivity contribution in [3.8, 4) is 0 Å². The zero-order valence-corrected chi connectivity index (χ0v) is 25.1. The Morgan fingerprint density at radius 1 is 0.907 bits per heavy atom. The van der Waals surface area contributed by atoms with Crippen molar-refractivity contribution in [3.63, 3.8) is 0 Å². The minimum atomic E-state index is -0.985. The molecule has 2 aromatic rings. The molecule has 0 aliphatic heterocycles. The van der Waals surface area contributed by atoms with Crippen molar-refractivity contribution >= 4 is 29.5 Å². The number of amides is 3. The number of carbonyl (C=O) groups is 4. The number of hydrogen-bond acceptors (Lipinski definition) is 7. The van der Waals surface area contributed by atoms with E-state index < -0.39 is 41.8 Å². The minimum Gasteiger partial charge on any atom is -0.370 e. The molecule has 1 aromatic heterocycles. The summed E-state index contributed by atoms with van der Waals surface area (Å²) in [5.74, 6) is -2.34. The van der Waals surface area contributed by atoms with Crippen LogP contribution >= 0.6 is 0 Å². The molecule has 3 amide bonds. The van der Waals surface area contributed by atoms with Crippen molar-refractivity contribution in [1.29, 1.82) is 0 Å². The molecule has 1 aromatic carbocycles. The van der Waals surface area contributed by atoms with Gasteiger partial charge in [-0.25, -0.2) is 4.98 Å². The zero-order chi connectivity index (χ0) is 31.8. The fourth-order valence-corrected chi connectivity index (χ4v) is 4.67. The van der Waals surface area contributed by atoms with Crippen molar-refractivity contribution in [1.82, 2.24) is 20.6 Å². The maximum absolute atomic E-state index is 13.6. The summed E-state index contributed by atoms with van der Waals surface area (Å²) in [5.41, 5.74) is 24.1. The lowest BCUT2D eigenvalue weighted by atomic mass is 9.89. The van der Waals surface area contributed by atoms with Gasteiger partial charge in [0.05, 0.1) is 18.4 Å². The maximum atomic E-state index is 13.6. The number of nitrogens with one attached hydrogen (secondary N) is 3. The molecule has 0 aliphatic carbocycles. The molecule has 13 heteroatoms. The van der Waals surface area contributed by atoms with E-state index in [4.69, 9.17) is 22.9 Å². The Morgan fingerprint density at radius 3 is 2.21 bits per heavy atom. The summed E-state index contributed by atoms with van der Waals surface area (Å²) in [4.78, 5) is 63.1. The number of carbonyl (C=O) groups excluding carboxylic acids is 4. The van der Waals surface area contributed by atoms with E-state index in [0.29, 0.717) is 37.3 Å². The number of primary amides is 1. The highest BCUT2D eigenvalue weighted by atomic mass is 16.2. The van der Waals surface area contributed by atoms with Gasteiger partial charge in [-0.05, 0) is 37.2 Å². The van der Waals surface area contributed by atoms with Gasteiger partial charge in [0.15, 0.2) is 11.7 Å². The van der Waals surface area contributed by atoms with Crippen molar-refractivity contribution in [2.45, 2.75) is 83.3 Å². The number of H-pyrrole nitrogens is 1. The number of benzene rings is 1. The molecule has 0 aliphatic rings. The number of Topliss-reactive ketones (excluding diaryl/α,β-unsaturated/α-hetero) is 1. The van der Waals surface area contributed by atoms with Crippen LogP contribution in [0.2, 0.25) is 0 Å². The van der Waals surface area contributed by atoms with Crippen LogP contribution in [0.15, 0.2) is 47.8 Å². The Bertz CT molecular complexity index is 1180. The Hall–Kier alpha value is -4.26. The summed E-state index contributed by atoms with van der Waals surface area (Å²) in [6, 6.07) is 6.57. The van der Waals surface area contributed by atoms with Crippen molar-refractivity contribution in [2.75, 3.05) is 6.54 Å². The first-order chi connectivity index (χ1) is 20.5. The average molecular weight is 598 g/mol. The summed E-state index contributed by atoms with van der Waals surface area (Å²) in [6.45, 7) is 4.42. The van der Waals surface area contributed by atoms with Crippen LogP contribution in [0.4, 0.5) is 0 Å². The summed E-state index contributed by atoms with van der Waals surface area (Å²) in [5, 5.41) is 5.51. The smallest absolute Gasteiger partial charge is 0.240 e. The summed E-state index contributed by atoms with van der Waals surface area (Å²) in [7, 11) is 0. The average Bonchev–Trinajstić information content (AvgIpc) is 3.46. The molecular weight excluding hydrogens is 550 g/mol. The van der Waals surface area contributed by atoms with Gasteiger partial charge < -0.3 is 38.6 Å². The lowest BCUT2D eigenvalue weighted by molar-refractivity contribution is -0.134. The van der Waals surface area contributed by atoms with Gasteiger partial charge in [0, 0.05) is 37.2 Å². The number of aromatic nitrogens is 2. The number of nitrogens with zero attached hydrogens (tertiary/aromatic N) is 2. The number of guanidine groups is 1. The third-order valence-corrected chi connectivity index (χ3v) is 7.08. The first-order valence-corrected chi connectivity index (χ1v) is 14.7. The summed E-state index contributed by atoms with van der Waals surface area (Å²) < 4.78 is 0. The molecule has 43 heavy (non-hydrogen) atoms. The Balaban J connectivity index is 2.17. The fraction of sp³-hybridized carbons (Fsp3) is 0.533. The quantitative estimate of drug-likeness (QED) is 0.0640.